The van der Waals surface area contributed by atoms with Crippen LogP contribution >= 0.6 is 0 Å². The fraction of sp³-hybridized carbons (Fsp3) is 0.192. The molecule has 28 heavy (non-hydrogen) atoms. The van der Waals surface area contributed by atoms with E-state index in [4.69, 9.17) is 0 Å². The van der Waals surface area contributed by atoms with Gasteiger partial charge in [-0.05, 0) is 52.3 Å². The van der Waals surface area contributed by atoms with Gasteiger partial charge in [0.2, 0.25) is 0 Å². The van der Waals surface area contributed by atoms with Crippen LogP contribution in [0.15, 0.2) is 90.1 Å². The summed E-state index contributed by atoms with van der Waals surface area (Å²) < 4.78 is 0. The summed E-state index contributed by atoms with van der Waals surface area (Å²) in [7, 11) is 0. The number of hydrogen-bond acceptors (Lipinski definition) is 2. The molecule has 0 atom stereocenters. The van der Waals surface area contributed by atoms with Crippen LogP contribution in [0.3, 0.4) is 0 Å². The molecule has 0 bridgehead atoms. The Balaban J connectivity index is 1.25. The van der Waals surface area contributed by atoms with Crippen LogP contribution in [-0.4, -0.2) is 11.8 Å². The van der Waals surface area contributed by atoms with E-state index >= 15 is 0 Å². The highest BCUT2D eigenvalue weighted by atomic mass is 14.9. The van der Waals surface area contributed by atoms with E-state index in [1.165, 1.54) is 33.4 Å². The van der Waals surface area contributed by atoms with Crippen molar-refractivity contribution in [1.82, 2.24) is 5.32 Å². The third-order valence-electron chi connectivity index (χ3n) is 5.77. The minimum atomic E-state index is 0.543. The van der Waals surface area contributed by atoms with Crippen LogP contribution in [-0.2, 0) is 19.4 Å². The highest BCUT2D eigenvalue weighted by Crippen LogP contribution is 2.24. The lowest BCUT2D eigenvalue weighted by molar-refractivity contribution is 0.533. The molecule has 0 amide bonds. The number of hydrogen-bond donors (Lipinski definition) is 1. The Morgan fingerprint density at radius 2 is 1.54 bits per heavy atom. The average Bonchev–Trinajstić information content (AvgIpc) is 3.42. The van der Waals surface area contributed by atoms with E-state index in [1.54, 1.807) is 0 Å². The first-order valence-electron chi connectivity index (χ1n) is 10.1. The fourth-order valence-corrected chi connectivity index (χ4v) is 4.23. The Hall–Kier alpha value is -2.97. The van der Waals surface area contributed by atoms with Gasteiger partial charge >= 0.3 is 0 Å². The van der Waals surface area contributed by atoms with Crippen LogP contribution in [0.2, 0.25) is 0 Å². The van der Waals surface area contributed by atoms with Gasteiger partial charge in [-0.2, -0.15) is 0 Å². The van der Waals surface area contributed by atoms with Crippen molar-refractivity contribution < 1.29 is 0 Å². The predicted octanol–water partition coefficient (Wildman–Crippen LogP) is 5.32. The van der Waals surface area contributed by atoms with E-state index in [9.17, 15) is 0 Å². The molecule has 1 aliphatic heterocycles. The van der Waals surface area contributed by atoms with Crippen molar-refractivity contribution in [3.05, 3.63) is 107 Å². The molecule has 0 aromatic heterocycles. The summed E-state index contributed by atoms with van der Waals surface area (Å²) in [5.74, 6) is 0. The van der Waals surface area contributed by atoms with Crippen LogP contribution in [0.25, 0.3) is 11.1 Å². The number of nitrogens with one attached hydrogen (secondary N) is 1. The quantitative estimate of drug-likeness (QED) is 0.651. The summed E-state index contributed by atoms with van der Waals surface area (Å²) in [5.41, 5.74) is 9.22. The van der Waals surface area contributed by atoms with E-state index in [0.717, 1.165) is 31.5 Å². The molecule has 0 saturated heterocycles. The fourth-order valence-electron chi connectivity index (χ4n) is 4.23. The summed E-state index contributed by atoms with van der Waals surface area (Å²) in [4.78, 5) is 4.43. The zero-order chi connectivity index (χ0) is 18.8. The molecule has 1 aliphatic carbocycles. The molecular formula is C26H24N2. The van der Waals surface area contributed by atoms with E-state index in [0.29, 0.717) is 6.04 Å². The minimum Gasteiger partial charge on any atom is -0.309 e. The lowest BCUT2D eigenvalue weighted by Crippen LogP contribution is -2.28. The lowest BCUT2D eigenvalue weighted by atomic mass is 10.00. The first-order chi connectivity index (χ1) is 13.8. The van der Waals surface area contributed by atoms with Gasteiger partial charge in [0.05, 0.1) is 5.71 Å². The van der Waals surface area contributed by atoms with E-state index < -0.39 is 0 Å². The Morgan fingerprint density at radius 3 is 2.25 bits per heavy atom. The normalized spacial score (nSPS) is 15.6. The van der Waals surface area contributed by atoms with Gasteiger partial charge in [0, 0.05) is 25.2 Å². The second kappa shape index (κ2) is 7.57. The molecular weight excluding hydrogens is 340 g/mol. The van der Waals surface area contributed by atoms with Gasteiger partial charge in [-0.3, -0.25) is 4.99 Å². The largest absolute Gasteiger partial charge is 0.309 e. The maximum Gasteiger partial charge on any atom is 0.0513 e. The van der Waals surface area contributed by atoms with Crippen molar-refractivity contribution >= 4 is 5.71 Å². The number of nitrogens with zero attached hydrogens (tertiary/aromatic N) is 1. The topological polar surface area (TPSA) is 24.4 Å². The van der Waals surface area contributed by atoms with Gasteiger partial charge in [-0.15, -0.1) is 0 Å². The number of benzene rings is 3. The van der Waals surface area contributed by atoms with Crippen LogP contribution < -0.4 is 5.32 Å². The summed E-state index contributed by atoms with van der Waals surface area (Å²) in [6, 6.07) is 27.0. The lowest BCUT2D eigenvalue weighted by Gasteiger charge is -2.13. The van der Waals surface area contributed by atoms with Crippen LogP contribution in [0.4, 0.5) is 0 Å². The van der Waals surface area contributed by atoms with Crippen molar-refractivity contribution in [2.24, 2.45) is 4.99 Å². The molecule has 2 nitrogen and oxygen atoms in total. The van der Waals surface area contributed by atoms with E-state index in [1.807, 2.05) is 6.20 Å². The minimum absolute atomic E-state index is 0.543. The van der Waals surface area contributed by atoms with Crippen molar-refractivity contribution in [3.8, 4) is 11.1 Å². The maximum absolute atomic E-state index is 4.43. The molecule has 3 aromatic rings. The SMILES string of the molecule is C1=CN=C(c2ccc(-c3cccc(CNC4Cc5ccccc5C4)c3)cc2)C1. The first kappa shape index (κ1) is 17.2. The molecule has 1 N–H and O–H groups in total. The Morgan fingerprint density at radius 1 is 0.786 bits per heavy atom. The third kappa shape index (κ3) is 3.56. The Labute approximate surface area is 166 Å². The molecule has 0 spiro atoms. The van der Waals surface area contributed by atoms with Crippen molar-refractivity contribution in [2.75, 3.05) is 0 Å². The van der Waals surface area contributed by atoms with E-state index in [2.05, 4.69) is 89.2 Å². The van der Waals surface area contributed by atoms with Crippen LogP contribution in [0, 0.1) is 0 Å². The molecule has 5 rings (SSSR count). The number of aliphatic imine (C=N–C) groups is 1. The van der Waals surface area contributed by atoms with Gasteiger partial charge in [0.1, 0.15) is 0 Å². The van der Waals surface area contributed by atoms with Gasteiger partial charge < -0.3 is 5.32 Å². The van der Waals surface area contributed by atoms with Gasteiger partial charge in [0.15, 0.2) is 0 Å². The third-order valence-corrected chi connectivity index (χ3v) is 5.77. The summed E-state index contributed by atoms with van der Waals surface area (Å²) in [6.07, 6.45) is 7.20. The molecule has 138 valence electrons. The summed E-state index contributed by atoms with van der Waals surface area (Å²) in [5, 5.41) is 3.75. The van der Waals surface area contributed by atoms with Gasteiger partial charge in [-0.1, -0.05) is 72.8 Å². The second-order valence-corrected chi connectivity index (χ2v) is 7.70. The number of allylic oxidation sites excluding steroid dienone is 1. The van der Waals surface area contributed by atoms with Crippen LogP contribution in [0.5, 0.6) is 0 Å². The molecule has 2 heteroatoms. The van der Waals surface area contributed by atoms with Gasteiger partial charge in [-0.25, -0.2) is 0 Å². The average molecular weight is 364 g/mol. The summed E-state index contributed by atoms with van der Waals surface area (Å²) in [6.45, 7) is 0.910. The van der Waals surface area contributed by atoms with E-state index in [-0.39, 0.29) is 0 Å². The second-order valence-electron chi connectivity index (χ2n) is 7.70. The molecule has 0 unspecified atom stereocenters. The Bertz CT molecular complexity index is 1020. The highest BCUT2D eigenvalue weighted by molar-refractivity contribution is 6.03. The zero-order valence-electron chi connectivity index (χ0n) is 15.9. The highest BCUT2D eigenvalue weighted by Gasteiger charge is 2.20. The Kier molecular flexibility index (Phi) is 4.64. The van der Waals surface area contributed by atoms with Crippen molar-refractivity contribution in [2.45, 2.75) is 31.8 Å². The molecule has 3 aromatic carbocycles. The van der Waals surface area contributed by atoms with Crippen molar-refractivity contribution in [3.63, 3.8) is 0 Å². The maximum atomic E-state index is 4.43. The monoisotopic (exact) mass is 364 g/mol. The smallest absolute Gasteiger partial charge is 0.0513 e. The predicted molar refractivity (Wildman–Crippen MR) is 117 cm³/mol. The number of fused-ring (bicyclic) bond motifs is 1. The molecule has 0 saturated carbocycles. The standard InChI is InChI=1S/C26H24N2/c1-2-7-24-17-25(16-23(24)6-1)28-18-19-5-3-8-22(15-19)20-10-12-21(13-11-20)26-9-4-14-27-26/h1-8,10-15,25,28H,9,16-18H2. The summed E-state index contributed by atoms with van der Waals surface area (Å²) >= 11 is 0. The van der Waals surface area contributed by atoms with Gasteiger partial charge in [0.25, 0.3) is 0 Å². The molecule has 2 aliphatic rings. The molecule has 0 radical (unpaired) electrons. The zero-order valence-corrected chi connectivity index (χ0v) is 15.9. The van der Waals surface area contributed by atoms with Crippen molar-refractivity contribution in [1.29, 1.82) is 0 Å². The number of rotatable bonds is 5. The molecule has 1 heterocycles. The van der Waals surface area contributed by atoms with Crippen LogP contribution in [0.1, 0.15) is 28.7 Å². The molecule has 0 fully saturated rings. The first-order valence-corrected chi connectivity index (χ1v) is 10.1.